The van der Waals surface area contributed by atoms with E-state index in [1.54, 1.807) is 6.33 Å². The van der Waals surface area contributed by atoms with E-state index in [9.17, 15) is 0 Å². The second-order valence-corrected chi connectivity index (χ2v) is 10.9. The first-order valence-corrected chi connectivity index (χ1v) is 12.0. The van der Waals surface area contributed by atoms with Gasteiger partial charge in [-0.15, -0.1) is 0 Å². The zero-order valence-electron chi connectivity index (χ0n) is 18.2. The van der Waals surface area contributed by atoms with Crippen LogP contribution in [0, 0.1) is 30.1 Å². The van der Waals surface area contributed by atoms with Gasteiger partial charge >= 0.3 is 0 Å². The van der Waals surface area contributed by atoms with E-state index in [0.29, 0.717) is 5.41 Å². The van der Waals surface area contributed by atoms with Crippen LogP contribution in [0.25, 0.3) is 0 Å². The molecule has 0 spiro atoms. The van der Waals surface area contributed by atoms with Crippen molar-refractivity contribution < 1.29 is 0 Å². The fourth-order valence-electron chi connectivity index (χ4n) is 7.54. The SMILES string of the molecule is Cc1cccc(CN2CCc3c(ncnc3NCC34CC5CC(CC(C5)C3)C4)C2)c1. The summed E-state index contributed by atoms with van der Waals surface area (Å²) in [5.41, 5.74) is 5.86. The van der Waals surface area contributed by atoms with Gasteiger partial charge in [0.25, 0.3) is 0 Å². The van der Waals surface area contributed by atoms with Crippen LogP contribution in [0.2, 0.25) is 0 Å². The van der Waals surface area contributed by atoms with Gasteiger partial charge in [-0.1, -0.05) is 29.8 Å². The topological polar surface area (TPSA) is 41.1 Å². The molecule has 158 valence electrons. The monoisotopic (exact) mass is 402 g/mol. The number of nitrogens with zero attached hydrogens (tertiary/aromatic N) is 3. The average Bonchev–Trinajstić information content (AvgIpc) is 2.71. The second kappa shape index (κ2) is 7.33. The minimum atomic E-state index is 0.540. The smallest absolute Gasteiger partial charge is 0.132 e. The molecule has 30 heavy (non-hydrogen) atoms. The highest BCUT2D eigenvalue weighted by Gasteiger charge is 2.50. The van der Waals surface area contributed by atoms with Crippen LogP contribution in [-0.2, 0) is 19.5 Å². The summed E-state index contributed by atoms with van der Waals surface area (Å²) in [5, 5.41) is 3.83. The number of aryl methyl sites for hydroxylation is 1. The summed E-state index contributed by atoms with van der Waals surface area (Å²) in [5.74, 6) is 4.14. The highest BCUT2D eigenvalue weighted by molar-refractivity contribution is 5.47. The third-order valence-corrected chi connectivity index (χ3v) is 8.37. The number of rotatable bonds is 5. The molecule has 1 aliphatic heterocycles. The van der Waals surface area contributed by atoms with Crippen molar-refractivity contribution in [2.45, 2.75) is 65.0 Å². The van der Waals surface area contributed by atoms with Crippen LogP contribution in [0.15, 0.2) is 30.6 Å². The van der Waals surface area contributed by atoms with Gasteiger partial charge in [0.05, 0.1) is 5.69 Å². The number of aromatic nitrogens is 2. The molecule has 4 aliphatic carbocycles. The molecule has 0 atom stereocenters. The summed E-state index contributed by atoms with van der Waals surface area (Å²) in [6.07, 6.45) is 11.7. The molecule has 0 radical (unpaired) electrons. The predicted octanol–water partition coefficient (Wildman–Crippen LogP) is 4.97. The Morgan fingerprint density at radius 1 is 1.07 bits per heavy atom. The maximum atomic E-state index is 4.69. The standard InChI is InChI=1S/C26H34N4/c1-18-3-2-4-19(7-18)14-30-6-5-23-24(15-30)28-17-29-25(23)27-16-26-11-20-8-21(12-26)10-22(9-20)13-26/h2-4,7,17,20-22H,5-6,8-16H2,1H3,(H,27,28,29). The van der Waals surface area contributed by atoms with Crippen molar-refractivity contribution in [1.82, 2.24) is 14.9 Å². The Labute approximate surface area is 180 Å². The zero-order valence-corrected chi connectivity index (χ0v) is 18.2. The summed E-state index contributed by atoms with van der Waals surface area (Å²) in [6.45, 7) is 6.30. The van der Waals surface area contributed by atoms with E-state index in [2.05, 4.69) is 51.4 Å². The molecule has 4 fully saturated rings. The van der Waals surface area contributed by atoms with Crippen molar-refractivity contribution >= 4 is 5.82 Å². The Morgan fingerprint density at radius 2 is 1.83 bits per heavy atom. The van der Waals surface area contributed by atoms with Crippen LogP contribution in [0.4, 0.5) is 5.82 Å². The van der Waals surface area contributed by atoms with Gasteiger partial charge in [-0.05, 0) is 80.6 Å². The summed E-state index contributed by atoms with van der Waals surface area (Å²) in [4.78, 5) is 11.9. The summed E-state index contributed by atoms with van der Waals surface area (Å²) < 4.78 is 0. The molecular weight excluding hydrogens is 368 g/mol. The number of hydrogen-bond acceptors (Lipinski definition) is 4. The van der Waals surface area contributed by atoms with E-state index in [1.807, 2.05) is 0 Å². The molecule has 1 aromatic heterocycles. The van der Waals surface area contributed by atoms with Gasteiger partial charge in [-0.2, -0.15) is 0 Å². The highest BCUT2D eigenvalue weighted by Crippen LogP contribution is 2.59. The summed E-state index contributed by atoms with van der Waals surface area (Å²) in [6, 6.07) is 8.87. The first-order valence-electron chi connectivity index (χ1n) is 12.0. The van der Waals surface area contributed by atoms with Gasteiger partial charge in [0.2, 0.25) is 0 Å². The van der Waals surface area contributed by atoms with Gasteiger partial charge in [-0.3, -0.25) is 4.90 Å². The van der Waals surface area contributed by atoms with E-state index < -0.39 is 0 Å². The van der Waals surface area contributed by atoms with Crippen molar-refractivity contribution in [2.75, 3.05) is 18.4 Å². The Kier molecular flexibility index (Phi) is 4.60. The average molecular weight is 403 g/mol. The number of nitrogens with one attached hydrogen (secondary N) is 1. The predicted molar refractivity (Wildman–Crippen MR) is 120 cm³/mol. The second-order valence-electron chi connectivity index (χ2n) is 10.9. The summed E-state index contributed by atoms with van der Waals surface area (Å²) >= 11 is 0. The van der Waals surface area contributed by atoms with Crippen molar-refractivity contribution in [2.24, 2.45) is 23.2 Å². The lowest BCUT2D eigenvalue weighted by atomic mass is 9.49. The number of benzene rings is 1. The molecule has 5 aliphatic rings. The zero-order chi connectivity index (χ0) is 20.1. The molecule has 0 saturated heterocycles. The molecule has 4 heteroatoms. The van der Waals surface area contributed by atoms with E-state index in [4.69, 9.17) is 0 Å². The fourth-order valence-corrected chi connectivity index (χ4v) is 7.54. The Morgan fingerprint density at radius 3 is 2.57 bits per heavy atom. The lowest BCUT2D eigenvalue weighted by molar-refractivity contribution is -0.0444. The van der Waals surface area contributed by atoms with Crippen LogP contribution in [-0.4, -0.2) is 28.0 Å². The van der Waals surface area contributed by atoms with Crippen molar-refractivity contribution in [3.05, 3.63) is 53.0 Å². The Balaban J connectivity index is 1.14. The minimum Gasteiger partial charge on any atom is -0.369 e. The van der Waals surface area contributed by atoms with E-state index in [0.717, 1.165) is 56.2 Å². The molecule has 4 bridgehead atoms. The van der Waals surface area contributed by atoms with Gasteiger partial charge in [0, 0.05) is 31.7 Å². The minimum absolute atomic E-state index is 0.540. The summed E-state index contributed by atoms with van der Waals surface area (Å²) in [7, 11) is 0. The maximum Gasteiger partial charge on any atom is 0.132 e. The van der Waals surface area contributed by atoms with Crippen LogP contribution < -0.4 is 5.32 Å². The van der Waals surface area contributed by atoms with Crippen molar-refractivity contribution in [3.8, 4) is 0 Å². The molecule has 0 unspecified atom stereocenters. The maximum absolute atomic E-state index is 4.69. The number of fused-ring (bicyclic) bond motifs is 1. The van der Waals surface area contributed by atoms with Gasteiger partial charge < -0.3 is 5.32 Å². The molecule has 0 amide bonds. The normalized spacial score (nSPS) is 32.2. The molecule has 4 nitrogen and oxygen atoms in total. The number of hydrogen-bond donors (Lipinski definition) is 1. The van der Waals surface area contributed by atoms with Crippen LogP contribution in [0.5, 0.6) is 0 Å². The van der Waals surface area contributed by atoms with Crippen molar-refractivity contribution in [1.29, 1.82) is 0 Å². The van der Waals surface area contributed by atoms with E-state index in [-0.39, 0.29) is 0 Å². The Bertz CT molecular complexity index is 901. The fraction of sp³-hybridized carbons (Fsp3) is 0.615. The Hall–Kier alpha value is -1.94. The molecular formula is C26H34N4. The third kappa shape index (κ3) is 3.53. The highest BCUT2D eigenvalue weighted by atomic mass is 15.1. The molecule has 2 aromatic rings. The molecule has 7 rings (SSSR count). The van der Waals surface area contributed by atoms with Gasteiger partial charge in [0.1, 0.15) is 12.1 Å². The van der Waals surface area contributed by atoms with Crippen LogP contribution >= 0.6 is 0 Å². The van der Waals surface area contributed by atoms with Crippen LogP contribution in [0.3, 0.4) is 0 Å². The number of anilines is 1. The largest absolute Gasteiger partial charge is 0.369 e. The van der Waals surface area contributed by atoms with Crippen molar-refractivity contribution in [3.63, 3.8) is 0 Å². The molecule has 1 N–H and O–H groups in total. The van der Waals surface area contributed by atoms with Crippen LogP contribution in [0.1, 0.15) is 60.9 Å². The van der Waals surface area contributed by atoms with Gasteiger partial charge in [0.15, 0.2) is 0 Å². The first kappa shape index (κ1) is 18.8. The molecule has 1 aromatic carbocycles. The van der Waals surface area contributed by atoms with E-state index >= 15 is 0 Å². The van der Waals surface area contributed by atoms with Gasteiger partial charge in [-0.25, -0.2) is 9.97 Å². The lowest BCUT2D eigenvalue weighted by Gasteiger charge is -2.57. The molecule has 2 heterocycles. The third-order valence-electron chi connectivity index (χ3n) is 8.37. The molecule has 4 saturated carbocycles. The first-order chi connectivity index (χ1) is 14.6. The van der Waals surface area contributed by atoms with E-state index in [1.165, 1.54) is 60.9 Å². The lowest BCUT2D eigenvalue weighted by Crippen LogP contribution is -2.49. The quantitative estimate of drug-likeness (QED) is 0.766.